The fraction of sp³-hybridized carbons (Fsp3) is 0.867. The maximum atomic E-state index is 12.3. The van der Waals surface area contributed by atoms with Crippen molar-refractivity contribution in [1.29, 1.82) is 0 Å². The van der Waals surface area contributed by atoms with Crippen molar-refractivity contribution in [3.63, 3.8) is 0 Å². The number of amides is 1. The van der Waals surface area contributed by atoms with E-state index in [4.69, 9.17) is 0 Å². The first-order chi connectivity index (χ1) is 11.0. The van der Waals surface area contributed by atoms with Crippen LogP contribution in [-0.4, -0.2) is 80.4 Å². The molecule has 2 saturated heterocycles. The lowest BCUT2D eigenvalue weighted by molar-refractivity contribution is -0.135. The van der Waals surface area contributed by atoms with Crippen molar-refractivity contribution in [2.45, 2.75) is 32.2 Å². The lowest BCUT2D eigenvalue weighted by Crippen LogP contribution is -2.55. The number of guanidine groups is 1. The zero-order valence-electron chi connectivity index (χ0n) is 13.7. The molecule has 1 aliphatic carbocycles. The maximum absolute atomic E-state index is 12.3. The average molecular weight is 342 g/mol. The van der Waals surface area contributed by atoms with E-state index in [1.165, 1.54) is 0 Å². The standard InChI is InChI=1S/C15H26N4O3S/c1-2-16-15(17-9-12-5-8-23(21,22)11-12)18-6-7-19(13-3-4-13)14(20)10-18/h12-13H,2-11H2,1H3,(H,16,17). The van der Waals surface area contributed by atoms with E-state index >= 15 is 0 Å². The van der Waals surface area contributed by atoms with E-state index in [1.807, 2.05) is 16.7 Å². The molecular weight excluding hydrogens is 316 g/mol. The van der Waals surface area contributed by atoms with Crippen LogP contribution in [0, 0.1) is 5.92 Å². The SMILES string of the molecule is CCNC(=NCC1CCS(=O)(=O)C1)N1CCN(C2CC2)C(=O)C1. The molecule has 1 atom stereocenters. The number of piperazine rings is 1. The Bertz CT molecular complexity index is 586. The van der Waals surface area contributed by atoms with Gasteiger partial charge in [0.25, 0.3) is 0 Å². The normalized spacial score (nSPS) is 28.3. The zero-order chi connectivity index (χ0) is 16.4. The lowest BCUT2D eigenvalue weighted by Gasteiger charge is -2.36. The van der Waals surface area contributed by atoms with Crippen LogP contribution in [0.15, 0.2) is 4.99 Å². The molecule has 1 amide bonds. The van der Waals surface area contributed by atoms with Crippen LogP contribution in [0.3, 0.4) is 0 Å². The minimum absolute atomic E-state index is 0.108. The Morgan fingerprint density at radius 2 is 2.09 bits per heavy atom. The first kappa shape index (κ1) is 16.5. The summed E-state index contributed by atoms with van der Waals surface area (Å²) < 4.78 is 23.1. The van der Waals surface area contributed by atoms with Crippen molar-refractivity contribution in [2.24, 2.45) is 10.9 Å². The second-order valence-corrected chi connectivity index (χ2v) is 8.93. The zero-order valence-corrected chi connectivity index (χ0v) is 14.5. The second kappa shape index (κ2) is 6.67. The fourth-order valence-corrected chi connectivity index (χ4v) is 5.15. The van der Waals surface area contributed by atoms with Gasteiger partial charge in [0.2, 0.25) is 5.91 Å². The first-order valence-corrected chi connectivity index (χ1v) is 10.3. The quantitative estimate of drug-likeness (QED) is 0.560. The van der Waals surface area contributed by atoms with Gasteiger partial charge in [0.05, 0.1) is 18.1 Å². The predicted octanol–water partition coefficient (Wildman–Crippen LogP) is -0.307. The van der Waals surface area contributed by atoms with Gasteiger partial charge in [0.1, 0.15) is 0 Å². The van der Waals surface area contributed by atoms with Gasteiger partial charge in [-0.2, -0.15) is 0 Å². The molecule has 23 heavy (non-hydrogen) atoms. The second-order valence-electron chi connectivity index (χ2n) is 6.70. The summed E-state index contributed by atoms with van der Waals surface area (Å²) in [5.74, 6) is 1.54. The molecule has 0 spiro atoms. The minimum atomic E-state index is -2.86. The Hall–Kier alpha value is -1.31. The highest BCUT2D eigenvalue weighted by Crippen LogP contribution is 2.28. The highest BCUT2D eigenvalue weighted by Gasteiger charge is 2.36. The average Bonchev–Trinajstić information content (AvgIpc) is 3.27. The molecule has 3 aliphatic rings. The number of hydrogen-bond acceptors (Lipinski definition) is 4. The van der Waals surface area contributed by atoms with Crippen molar-refractivity contribution in [2.75, 3.05) is 44.2 Å². The van der Waals surface area contributed by atoms with Crippen molar-refractivity contribution < 1.29 is 13.2 Å². The molecule has 3 fully saturated rings. The maximum Gasteiger partial charge on any atom is 0.242 e. The number of nitrogens with zero attached hydrogens (tertiary/aromatic N) is 3. The van der Waals surface area contributed by atoms with Gasteiger partial charge in [-0.3, -0.25) is 9.79 Å². The summed E-state index contributed by atoms with van der Waals surface area (Å²) in [6.07, 6.45) is 2.96. The topological polar surface area (TPSA) is 82.1 Å². The third kappa shape index (κ3) is 4.16. The molecule has 0 aromatic rings. The molecular formula is C15H26N4O3S. The number of nitrogens with one attached hydrogen (secondary N) is 1. The smallest absolute Gasteiger partial charge is 0.242 e. The number of sulfone groups is 1. The molecule has 0 bridgehead atoms. The van der Waals surface area contributed by atoms with Crippen LogP contribution < -0.4 is 5.32 Å². The Morgan fingerprint density at radius 3 is 2.65 bits per heavy atom. The Balaban J connectivity index is 1.59. The molecule has 0 aromatic heterocycles. The van der Waals surface area contributed by atoms with Crippen molar-refractivity contribution in [1.82, 2.24) is 15.1 Å². The van der Waals surface area contributed by atoms with Gasteiger partial charge >= 0.3 is 0 Å². The fourth-order valence-electron chi connectivity index (χ4n) is 3.30. The molecule has 7 nitrogen and oxygen atoms in total. The van der Waals surface area contributed by atoms with Crippen molar-refractivity contribution >= 4 is 21.7 Å². The molecule has 1 unspecified atom stereocenters. The van der Waals surface area contributed by atoms with Gasteiger partial charge in [-0.05, 0) is 32.1 Å². The third-order valence-electron chi connectivity index (χ3n) is 4.71. The summed E-state index contributed by atoms with van der Waals surface area (Å²) in [5.41, 5.74) is 0. The van der Waals surface area contributed by atoms with Crippen molar-refractivity contribution in [3.8, 4) is 0 Å². The van der Waals surface area contributed by atoms with E-state index in [0.717, 1.165) is 38.4 Å². The van der Waals surface area contributed by atoms with E-state index < -0.39 is 9.84 Å². The Kier molecular flexibility index (Phi) is 4.79. The molecule has 0 radical (unpaired) electrons. The predicted molar refractivity (Wildman–Crippen MR) is 89.0 cm³/mol. The Morgan fingerprint density at radius 1 is 1.30 bits per heavy atom. The van der Waals surface area contributed by atoms with Gasteiger partial charge in [-0.15, -0.1) is 0 Å². The number of aliphatic imine (C=N–C) groups is 1. The van der Waals surface area contributed by atoms with Crippen LogP contribution in [-0.2, 0) is 14.6 Å². The summed E-state index contributed by atoms with van der Waals surface area (Å²) in [7, 11) is -2.86. The van der Waals surface area contributed by atoms with Crippen LogP contribution >= 0.6 is 0 Å². The number of hydrogen-bond donors (Lipinski definition) is 1. The number of carbonyl (C=O) groups is 1. The van der Waals surface area contributed by atoms with E-state index in [1.54, 1.807) is 0 Å². The summed E-state index contributed by atoms with van der Waals surface area (Å²) >= 11 is 0. The molecule has 2 aliphatic heterocycles. The molecule has 130 valence electrons. The lowest BCUT2D eigenvalue weighted by atomic mass is 10.1. The highest BCUT2D eigenvalue weighted by atomic mass is 32.2. The summed E-state index contributed by atoms with van der Waals surface area (Å²) in [4.78, 5) is 20.8. The minimum Gasteiger partial charge on any atom is -0.357 e. The van der Waals surface area contributed by atoms with Crippen molar-refractivity contribution in [3.05, 3.63) is 0 Å². The third-order valence-corrected chi connectivity index (χ3v) is 6.54. The summed E-state index contributed by atoms with van der Waals surface area (Å²) in [6, 6.07) is 0.466. The van der Waals surface area contributed by atoms with E-state index in [-0.39, 0.29) is 23.3 Å². The van der Waals surface area contributed by atoms with Gasteiger partial charge in [0.15, 0.2) is 15.8 Å². The van der Waals surface area contributed by atoms with Gasteiger partial charge < -0.3 is 15.1 Å². The summed E-state index contributed by atoms with van der Waals surface area (Å²) in [6.45, 7) is 5.16. The van der Waals surface area contributed by atoms with Crippen LogP contribution in [0.4, 0.5) is 0 Å². The number of carbonyl (C=O) groups excluding carboxylic acids is 1. The summed E-state index contributed by atoms with van der Waals surface area (Å²) in [5, 5.41) is 3.23. The van der Waals surface area contributed by atoms with Crippen LogP contribution in [0.1, 0.15) is 26.2 Å². The van der Waals surface area contributed by atoms with Gasteiger partial charge in [0, 0.05) is 32.2 Å². The van der Waals surface area contributed by atoms with E-state index in [0.29, 0.717) is 25.6 Å². The number of rotatable bonds is 4. The largest absolute Gasteiger partial charge is 0.357 e. The van der Waals surface area contributed by atoms with Crippen LogP contribution in [0.2, 0.25) is 0 Å². The first-order valence-electron chi connectivity index (χ1n) is 8.51. The van der Waals surface area contributed by atoms with Gasteiger partial charge in [-0.1, -0.05) is 0 Å². The van der Waals surface area contributed by atoms with E-state index in [2.05, 4.69) is 10.3 Å². The molecule has 1 saturated carbocycles. The molecule has 1 N–H and O–H groups in total. The van der Waals surface area contributed by atoms with Gasteiger partial charge in [-0.25, -0.2) is 8.42 Å². The molecule has 3 rings (SSSR count). The molecule has 0 aromatic carbocycles. The molecule has 2 heterocycles. The highest BCUT2D eigenvalue weighted by molar-refractivity contribution is 7.91. The van der Waals surface area contributed by atoms with E-state index in [9.17, 15) is 13.2 Å². The van der Waals surface area contributed by atoms with Crippen LogP contribution in [0.25, 0.3) is 0 Å². The monoisotopic (exact) mass is 342 g/mol. The van der Waals surface area contributed by atoms with Crippen LogP contribution in [0.5, 0.6) is 0 Å². The Labute approximate surface area is 138 Å². The molecule has 8 heteroatoms.